The van der Waals surface area contributed by atoms with Gasteiger partial charge in [0, 0.05) is 4.88 Å². The second kappa shape index (κ2) is 4.61. The number of nitrogens with two attached hydrogens (primary N) is 1. The Bertz CT molecular complexity index is 610. The zero-order chi connectivity index (χ0) is 13.4. The lowest BCUT2D eigenvalue weighted by molar-refractivity contribution is 0.0595. The van der Waals surface area contributed by atoms with E-state index in [-0.39, 0.29) is 11.5 Å². The van der Waals surface area contributed by atoms with Crippen LogP contribution in [0.3, 0.4) is 0 Å². The summed E-state index contributed by atoms with van der Waals surface area (Å²) in [6.45, 7) is 0. The number of methoxy groups -OCH3 is 1. The third-order valence-electron chi connectivity index (χ3n) is 3.10. The van der Waals surface area contributed by atoms with Gasteiger partial charge in [-0.3, -0.25) is 0 Å². The fourth-order valence-electron chi connectivity index (χ4n) is 2.10. The molecule has 2 aromatic rings. The van der Waals surface area contributed by atoms with Crippen LogP contribution in [-0.2, 0) is 17.6 Å². The molecule has 19 heavy (non-hydrogen) atoms. The number of carbonyl (C=O) groups is 1. The van der Waals surface area contributed by atoms with Gasteiger partial charge in [-0.2, -0.15) is 4.68 Å². The van der Waals surface area contributed by atoms with Gasteiger partial charge in [0.15, 0.2) is 5.82 Å². The molecule has 0 bridgehead atoms. The Labute approximate surface area is 113 Å². The van der Waals surface area contributed by atoms with Crippen LogP contribution in [0.4, 0.5) is 5.82 Å². The minimum atomic E-state index is -0.593. The van der Waals surface area contributed by atoms with Crippen LogP contribution in [0, 0.1) is 0 Å². The van der Waals surface area contributed by atoms with E-state index in [4.69, 9.17) is 5.73 Å². The number of hydrogen-bond donors (Lipinski definition) is 1. The molecule has 2 N–H and O–H groups in total. The van der Waals surface area contributed by atoms with Crippen LogP contribution >= 0.6 is 11.3 Å². The standard InChI is InChI=1S/C11H13N5O2S/c1-18-10(17)8-9(12)16(15-14-8)11-13-6-4-2-3-5-7(6)19-11/h2-5,12H2,1H3. The van der Waals surface area contributed by atoms with Crippen molar-refractivity contribution in [2.45, 2.75) is 25.7 Å². The lowest BCUT2D eigenvalue weighted by Crippen LogP contribution is -2.07. The smallest absolute Gasteiger partial charge is 0.362 e. The Morgan fingerprint density at radius 1 is 1.42 bits per heavy atom. The predicted molar refractivity (Wildman–Crippen MR) is 69.4 cm³/mol. The number of hydrogen-bond acceptors (Lipinski definition) is 7. The van der Waals surface area contributed by atoms with Gasteiger partial charge >= 0.3 is 5.97 Å². The minimum Gasteiger partial charge on any atom is -0.464 e. The summed E-state index contributed by atoms with van der Waals surface area (Å²) < 4.78 is 5.99. The first-order chi connectivity index (χ1) is 9.20. The monoisotopic (exact) mass is 279 g/mol. The second-order valence-electron chi connectivity index (χ2n) is 4.30. The summed E-state index contributed by atoms with van der Waals surface area (Å²) in [5.74, 6) is -0.428. The molecule has 0 unspecified atom stereocenters. The highest BCUT2D eigenvalue weighted by Gasteiger charge is 2.22. The molecule has 0 amide bonds. The van der Waals surface area contributed by atoms with E-state index in [1.165, 1.54) is 23.1 Å². The molecular formula is C11H13N5O2S. The maximum absolute atomic E-state index is 11.4. The minimum absolute atomic E-state index is 0.0238. The summed E-state index contributed by atoms with van der Waals surface area (Å²) in [6.07, 6.45) is 4.39. The van der Waals surface area contributed by atoms with Crippen LogP contribution in [-0.4, -0.2) is 33.1 Å². The number of carbonyl (C=O) groups excluding carboxylic acids is 1. The quantitative estimate of drug-likeness (QED) is 0.823. The van der Waals surface area contributed by atoms with Crippen molar-refractivity contribution in [1.82, 2.24) is 20.0 Å². The number of aryl methyl sites for hydroxylation is 2. The number of ether oxygens (including phenoxy) is 1. The number of esters is 1. The van der Waals surface area contributed by atoms with Gasteiger partial charge in [-0.1, -0.05) is 16.6 Å². The van der Waals surface area contributed by atoms with Gasteiger partial charge in [-0.25, -0.2) is 9.78 Å². The Morgan fingerprint density at radius 2 is 2.21 bits per heavy atom. The number of aromatic nitrogens is 4. The summed E-state index contributed by atoms with van der Waals surface area (Å²) in [4.78, 5) is 17.2. The van der Waals surface area contributed by atoms with Crippen LogP contribution in [0.2, 0.25) is 0 Å². The summed E-state index contributed by atoms with van der Waals surface area (Å²) in [5.41, 5.74) is 7.01. The first kappa shape index (κ1) is 12.1. The number of fused-ring (bicyclic) bond motifs is 1. The molecule has 0 aliphatic heterocycles. The van der Waals surface area contributed by atoms with Crippen molar-refractivity contribution in [3.8, 4) is 5.13 Å². The van der Waals surface area contributed by atoms with Gasteiger partial charge in [0.2, 0.25) is 10.8 Å². The number of anilines is 1. The van der Waals surface area contributed by atoms with Crippen molar-refractivity contribution < 1.29 is 9.53 Å². The molecule has 1 aliphatic rings. The molecule has 0 saturated carbocycles. The average molecular weight is 279 g/mol. The first-order valence-corrected chi connectivity index (χ1v) is 6.81. The molecule has 3 rings (SSSR count). The van der Waals surface area contributed by atoms with Gasteiger partial charge in [-0.05, 0) is 25.7 Å². The van der Waals surface area contributed by atoms with E-state index >= 15 is 0 Å². The normalized spacial score (nSPS) is 14.2. The van der Waals surface area contributed by atoms with Crippen molar-refractivity contribution in [3.05, 3.63) is 16.3 Å². The van der Waals surface area contributed by atoms with Gasteiger partial charge < -0.3 is 10.5 Å². The van der Waals surface area contributed by atoms with E-state index in [1.807, 2.05) is 0 Å². The summed E-state index contributed by atoms with van der Waals surface area (Å²) in [7, 11) is 1.28. The predicted octanol–water partition coefficient (Wildman–Crippen LogP) is 0.971. The third kappa shape index (κ3) is 1.97. The Balaban J connectivity index is 2.00. The largest absolute Gasteiger partial charge is 0.464 e. The third-order valence-corrected chi connectivity index (χ3v) is 4.23. The molecule has 2 heterocycles. The maximum Gasteiger partial charge on any atom is 0.362 e. The van der Waals surface area contributed by atoms with E-state index in [0.29, 0.717) is 5.13 Å². The molecule has 0 saturated heterocycles. The number of thiazole rings is 1. The molecule has 8 heteroatoms. The molecule has 0 fully saturated rings. The first-order valence-electron chi connectivity index (χ1n) is 5.99. The Hall–Kier alpha value is -1.96. The Kier molecular flexibility index (Phi) is 2.94. The molecule has 1 aliphatic carbocycles. The van der Waals surface area contributed by atoms with E-state index < -0.39 is 5.97 Å². The van der Waals surface area contributed by atoms with Crippen molar-refractivity contribution >= 4 is 23.1 Å². The topological polar surface area (TPSA) is 95.9 Å². The lowest BCUT2D eigenvalue weighted by atomic mass is 10.0. The van der Waals surface area contributed by atoms with E-state index in [2.05, 4.69) is 20.0 Å². The molecule has 2 aromatic heterocycles. The molecule has 0 radical (unpaired) electrons. The van der Waals surface area contributed by atoms with Crippen molar-refractivity contribution in [2.75, 3.05) is 12.8 Å². The van der Waals surface area contributed by atoms with Gasteiger partial charge in [0.05, 0.1) is 12.8 Å². The highest BCUT2D eigenvalue weighted by molar-refractivity contribution is 7.14. The van der Waals surface area contributed by atoms with Crippen molar-refractivity contribution in [1.29, 1.82) is 0 Å². The zero-order valence-corrected chi connectivity index (χ0v) is 11.2. The highest BCUT2D eigenvalue weighted by Crippen LogP contribution is 2.29. The van der Waals surface area contributed by atoms with Crippen molar-refractivity contribution in [3.63, 3.8) is 0 Å². The number of rotatable bonds is 2. The van der Waals surface area contributed by atoms with Crippen LogP contribution in [0.25, 0.3) is 5.13 Å². The van der Waals surface area contributed by atoms with Gasteiger partial charge in [-0.15, -0.1) is 5.10 Å². The molecular weight excluding hydrogens is 266 g/mol. The fourth-order valence-corrected chi connectivity index (χ4v) is 3.21. The SMILES string of the molecule is COC(=O)c1nnn(-c2nc3c(s2)CCCC3)c1N. The summed E-state index contributed by atoms with van der Waals surface area (Å²) >= 11 is 1.55. The summed E-state index contributed by atoms with van der Waals surface area (Å²) in [6, 6.07) is 0. The molecule has 0 aromatic carbocycles. The zero-order valence-electron chi connectivity index (χ0n) is 10.4. The Morgan fingerprint density at radius 3 is 2.95 bits per heavy atom. The van der Waals surface area contributed by atoms with Crippen LogP contribution in [0.1, 0.15) is 33.9 Å². The van der Waals surface area contributed by atoms with Crippen LogP contribution in [0.15, 0.2) is 0 Å². The number of nitrogen functional groups attached to an aromatic ring is 1. The lowest BCUT2D eigenvalue weighted by Gasteiger charge is -2.06. The van der Waals surface area contributed by atoms with E-state index in [1.54, 1.807) is 11.3 Å². The fraction of sp³-hybridized carbons (Fsp3) is 0.455. The van der Waals surface area contributed by atoms with Gasteiger partial charge in [0.1, 0.15) is 0 Å². The molecule has 0 atom stereocenters. The summed E-state index contributed by atoms with van der Waals surface area (Å²) in [5, 5.41) is 8.30. The average Bonchev–Trinajstić information content (AvgIpc) is 3.00. The van der Waals surface area contributed by atoms with E-state index in [9.17, 15) is 4.79 Å². The maximum atomic E-state index is 11.4. The number of nitrogens with zero attached hydrogens (tertiary/aromatic N) is 4. The van der Waals surface area contributed by atoms with Gasteiger partial charge in [0.25, 0.3) is 0 Å². The highest BCUT2D eigenvalue weighted by atomic mass is 32.1. The second-order valence-corrected chi connectivity index (χ2v) is 5.36. The van der Waals surface area contributed by atoms with Crippen LogP contribution in [0.5, 0.6) is 0 Å². The van der Waals surface area contributed by atoms with Crippen molar-refractivity contribution in [2.24, 2.45) is 0 Å². The van der Waals surface area contributed by atoms with Crippen LogP contribution < -0.4 is 5.73 Å². The van der Waals surface area contributed by atoms with E-state index in [0.717, 1.165) is 25.0 Å². The molecule has 0 spiro atoms. The molecule has 100 valence electrons. The molecule has 7 nitrogen and oxygen atoms in total.